The first-order chi connectivity index (χ1) is 8.09. The summed E-state index contributed by atoms with van der Waals surface area (Å²) in [6, 6.07) is 1.85. The van der Waals surface area contributed by atoms with E-state index >= 15 is 0 Å². The molecule has 1 amide bonds. The number of rotatable bonds is 1. The zero-order valence-electron chi connectivity index (χ0n) is 10.1. The molecule has 0 saturated carbocycles. The first kappa shape index (κ1) is 12.3. The van der Waals surface area contributed by atoms with Crippen LogP contribution in [0.3, 0.4) is 0 Å². The highest BCUT2D eigenvalue weighted by molar-refractivity contribution is 6.33. The summed E-state index contributed by atoms with van der Waals surface area (Å²) in [5, 5.41) is 0.469. The predicted octanol–water partition coefficient (Wildman–Crippen LogP) is 1.51. The lowest BCUT2D eigenvalue weighted by Crippen LogP contribution is -2.52. The molecular weight excluding hydrogens is 238 g/mol. The number of amides is 1. The Kier molecular flexibility index (Phi) is 3.64. The van der Waals surface area contributed by atoms with Gasteiger partial charge in [-0.3, -0.25) is 9.78 Å². The lowest BCUT2D eigenvalue weighted by Gasteiger charge is -2.38. The molecule has 1 aliphatic rings. The van der Waals surface area contributed by atoms with Crippen LogP contribution in [0, 0.1) is 0 Å². The number of carbonyl (C=O) groups excluding carboxylic acids is 1. The summed E-state index contributed by atoms with van der Waals surface area (Å²) in [6.07, 6.45) is 3.13. The molecule has 1 unspecified atom stereocenters. The van der Waals surface area contributed by atoms with E-state index < -0.39 is 0 Å². The summed E-state index contributed by atoms with van der Waals surface area (Å²) in [6.45, 7) is 4.58. The van der Waals surface area contributed by atoms with Crippen LogP contribution in [0.15, 0.2) is 18.5 Å². The molecule has 1 aromatic rings. The van der Waals surface area contributed by atoms with Crippen molar-refractivity contribution < 1.29 is 4.79 Å². The van der Waals surface area contributed by atoms with Gasteiger partial charge in [0.25, 0.3) is 5.91 Å². The second-order valence-electron chi connectivity index (χ2n) is 4.47. The second kappa shape index (κ2) is 5.02. The first-order valence-corrected chi connectivity index (χ1v) is 6.06. The Morgan fingerprint density at radius 3 is 2.94 bits per heavy atom. The number of piperazine rings is 1. The van der Waals surface area contributed by atoms with Crippen molar-refractivity contribution in [1.29, 1.82) is 0 Å². The number of pyridine rings is 1. The molecule has 0 bridgehead atoms. The Balaban J connectivity index is 2.18. The topological polar surface area (TPSA) is 36.4 Å². The molecular formula is C12H16ClN3O. The van der Waals surface area contributed by atoms with Crippen molar-refractivity contribution in [2.24, 2.45) is 0 Å². The van der Waals surface area contributed by atoms with Gasteiger partial charge >= 0.3 is 0 Å². The van der Waals surface area contributed by atoms with Crippen molar-refractivity contribution in [3.63, 3.8) is 0 Å². The molecule has 1 aliphatic heterocycles. The minimum absolute atomic E-state index is 0.0244. The molecule has 2 rings (SSSR count). The number of halogens is 1. The highest BCUT2D eigenvalue weighted by atomic mass is 35.5. The van der Waals surface area contributed by atoms with Crippen LogP contribution in [0.2, 0.25) is 5.02 Å². The quantitative estimate of drug-likeness (QED) is 0.761. The van der Waals surface area contributed by atoms with Gasteiger partial charge < -0.3 is 9.80 Å². The molecule has 0 N–H and O–H groups in total. The summed E-state index contributed by atoms with van der Waals surface area (Å²) in [5.41, 5.74) is 0.491. The molecule has 1 fully saturated rings. The third-order valence-electron chi connectivity index (χ3n) is 3.09. The van der Waals surface area contributed by atoms with Gasteiger partial charge in [0.2, 0.25) is 0 Å². The van der Waals surface area contributed by atoms with E-state index in [4.69, 9.17) is 11.6 Å². The molecule has 1 atom stereocenters. The third kappa shape index (κ3) is 2.58. The number of carbonyl (C=O) groups is 1. The van der Waals surface area contributed by atoms with E-state index in [1.165, 1.54) is 6.20 Å². The van der Waals surface area contributed by atoms with Gasteiger partial charge in [-0.05, 0) is 20.0 Å². The Bertz CT molecular complexity index is 424. The average Bonchev–Trinajstić information content (AvgIpc) is 2.29. The van der Waals surface area contributed by atoms with Crippen molar-refractivity contribution in [1.82, 2.24) is 14.8 Å². The highest BCUT2D eigenvalue weighted by Gasteiger charge is 2.27. The van der Waals surface area contributed by atoms with E-state index in [1.807, 2.05) is 4.90 Å². The highest BCUT2D eigenvalue weighted by Crippen LogP contribution is 2.18. The minimum atomic E-state index is -0.0244. The van der Waals surface area contributed by atoms with Crippen LogP contribution >= 0.6 is 11.6 Å². The van der Waals surface area contributed by atoms with Crippen LogP contribution in [0.1, 0.15) is 17.3 Å². The zero-order chi connectivity index (χ0) is 12.4. The van der Waals surface area contributed by atoms with E-state index in [0.717, 1.165) is 19.6 Å². The Labute approximate surface area is 106 Å². The molecule has 2 heterocycles. The number of hydrogen-bond donors (Lipinski definition) is 0. The number of likely N-dealkylation sites (N-methyl/N-ethyl adjacent to an activating group) is 1. The summed E-state index contributed by atoms with van der Waals surface area (Å²) in [7, 11) is 2.06. The van der Waals surface area contributed by atoms with Crippen molar-refractivity contribution in [3.05, 3.63) is 29.0 Å². The maximum absolute atomic E-state index is 12.3. The van der Waals surface area contributed by atoms with E-state index in [1.54, 1.807) is 12.3 Å². The lowest BCUT2D eigenvalue weighted by atomic mass is 10.1. The van der Waals surface area contributed by atoms with Crippen molar-refractivity contribution >= 4 is 17.5 Å². The Morgan fingerprint density at radius 2 is 2.29 bits per heavy atom. The minimum Gasteiger partial charge on any atom is -0.333 e. The van der Waals surface area contributed by atoms with Gasteiger partial charge in [0.1, 0.15) is 0 Å². The van der Waals surface area contributed by atoms with Crippen LogP contribution in [0.25, 0.3) is 0 Å². The van der Waals surface area contributed by atoms with Crippen molar-refractivity contribution in [2.45, 2.75) is 13.0 Å². The maximum atomic E-state index is 12.3. The van der Waals surface area contributed by atoms with Gasteiger partial charge in [-0.2, -0.15) is 0 Å². The van der Waals surface area contributed by atoms with E-state index in [0.29, 0.717) is 10.6 Å². The van der Waals surface area contributed by atoms with E-state index in [-0.39, 0.29) is 11.9 Å². The lowest BCUT2D eigenvalue weighted by molar-refractivity contribution is 0.0533. The van der Waals surface area contributed by atoms with Crippen molar-refractivity contribution in [3.8, 4) is 0 Å². The standard InChI is InChI=1S/C12H16ClN3O/c1-9-8-15(2)5-6-16(9)12(17)10-7-14-4-3-11(10)13/h3-4,7,9H,5-6,8H2,1-2H3. The first-order valence-electron chi connectivity index (χ1n) is 5.68. The largest absolute Gasteiger partial charge is 0.333 e. The monoisotopic (exact) mass is 253 g/mol. The van der Waals surface area contributed by atoms with Gasteiger partial charge in [-0.25, -0.2) is 0 Å². The van der Waals surface area contributed by atoms with Gasteiger partial charge in [0.15, 0.2) is 0 Å². The molecule has 0 aliphatic carbocycles. The maximum Gasteiger partial charge on any atom is 0.257 e. The molecule has 0 spiro atoms. The van der Waals surface area contributed by atoms with Crippen LogP contribution in [-0.2, 0) is 0 Å². The molecule has 1 saturated heterocycles. The molecule has 92 valence electrons. The zero-order valence-corrected chi connectivity index (χ0v) is 10.8. The molecule has 0 aromatic carbocycles. The molecule has 5 heteroatoms. The summed E-state index contributed by atoms with van der Waals surface area (Å²) in [5.74, 6) is -0.0244. The predicted molar refractivity (Wildman–Crippen MR) is 67.2 cm³/mol. The van der Waals surface area contributed by atoms with Gasteiger partial charge in [0, 0.05) is 38.1 Å². The SMILES string of the molecule is CC1CN(C)CCN1C(=O)c1cnccc1Cl. The Hall–Kier alpha value is -1.13. The normalized spacial score (nSPS) is 21.6. The van der Waals surface area contributed by atoms with Gasteiger partial charge in [-0.15, -0.1) is 0 Å². The molecule has 4 nitrogen and oxygen atoms in total. The fourth-order valence-electron chi connectivity index (χ4n) is 2.13. The van der Waals surface area contributed by atoms with Crippen LogP contribution in [-0.4, -0.2) is 53.4 Å². The smallest absolute Gasteiger partial charge is 0.257 e. The Morgan fingerprint density at radius 1 is 1.53 bits per heavy atom. The van der Waals surface area contributed by atoms with E-state index in [2.05, 4.69) is 23.9 Å². The molecule has 1 aromatic heterocycles. The van der Waals surface area contributed by atoms with Crippen LogP contribution in [0.4, 0.5) is 0 Å². The van der Waals surface area contributed by atoms with Gasteiger partial charge in [0.05, 0.1) is 10.6 Å². The molecule has 0 radical (unpaired) electrons. The van der Waals surface area contributed by atoms with Crippen LogP contribution < -0.4 is 0 Å². The second-order valence-corrected chi connectivity index (χ2v) is 4.87. The number of nitrogens with zero attached hydrogens (tertiary/aromatic N) is 3. The summed E-state index contributed by atoms with van der Waals surface area (Å²) >= 11 is 6.02. The fraction of sp³-hybridized carbons (Fsp3) is 0.500. The summed E-state index contributed by atoms with van der Waals surface area (Å²) in [4.78, 5) is 20.4. The number of hydrogen-bond acceptors (Lipinski definition) is 3. The van der Waals surface area contributed by atoms with Gasteiger partial charge in [-0.1, -0.05) is 11.6 Å². The van der Waals surface area contributed by atoms with Crippen molar-refractivity contribution in [2.75, 3.05) is 26.7 Å². The molecule has 17 heavy (non-hydrogen) atoms. The average molecular weight is 254 g/mol. The van der Waals surface area contributed by atoms with E-state index in [9.17, 15) is 4.79 Å². The third-order valence-corrected chi connectivity index (χ3v) is 3.42. The van der Waals surface area contributed by atoms with Crippen LogP contribution in [0.5, 0.6) is 0 Å². The number of aromatic nitrogens is 1. The fourth-order valence-corrected chi connectivity index (χ4v) is 2.32. The summed E-state index contributed by atoms with van der Waals surface area (Å²) < 4.78 is 0.